The van der Waals surface area contributed by atoms with Gasteiger partial charge in [-0.15, -0.1) is 0 Å². The van der Waals surface area contributed by atoms with E-state index in [4.69, 9.17) is 4.52 Å². The Morgan fingerprint density at radius 1 is 1.08 bits per heavy atom. The zero-order chi connectivity index (χ0) is 27.9. The number of anilines is 1. The zero-order valence-electron chi connectivity index (χ0n) is 22.5. The number of aryl methyl sites for hydroxylation is 1. The number of hydrogen-bond acceptors (Lipinski definition) is 6. The molecule has 0 aliphatic carbocycles. The SMILES string of the molecule is CCCCC(=O)N(Cc1ccc(-c2ccccc2S(=O)(=O)Nc2cc(C)no2)cc1)[C@H](C(=O)NC)C(C)C. The predicted octanol–water partition coefficient (Wildman–Crippen LogP) is 4.74. The van der Waals surface area contributed by atoms with Crippen molar-refractivity contribution in [2.75, 3.05) is 11.8 Å². The normalized spacial score (nSPS) is 12.3. The van der Waals surface area contributed by atoms with E-state index >= 15 is 0 Å². The molecule has 0 unspecified atom stereocenters. The smallest absolute Gasteiger partial charge is 0.264 e. The van der Waals surface area contributed by atoms with Crippen molar-refractivity contribution >= 4 is 27.7 Å². The molecule has 2 N–H and O–H groups in total. The predicted molar refractivity (Wildman–Crippen MR) is 147 cm³/mol. The van der Waals surface area contributed by atoms with Crippen molar-refractivity contribution in [3.8, 4) is 11.1 Å². The van der Waals surface area contributed by atoms with Crippen molar-refractivity contribution in [2.24, 2.45) is 5.92 Å². The van der Waals surface area contributed by atoms with Crippen LogP contribution in [0.15, 0.2) is 64.0 Å². The average Bonchev–Trinajstić information content (AvgIpc) is 3.30. The molecule has 3 rings (SSSR count). The van der Waals surface area contributed by atoms with E-state index < -0.39 is 16.1 Å². The number of unbranched alkanes of at least 4 members (excludes halogenated alkanes) is 1. The average molecular weight is 541 g/mol. The van der Waals surface area contributed by atoms with Crippen molar-refractivity contribution in [1.29, 1.82) is 0 Å². The fourth-order valence-corrected chi connectivity index (χ4v) is 5.49. The lowest BCUT2D eigenvalue weighted by Gasteiger charge is -2.33. The monoisotopic (exact) mass is 540 g/mol. The van der Waals surface area contributed by atoms with Crippen LogP contribution in [0.3, 0.4) is 0 Å². The van der Waals surface area contributed by atoms with Crippen LogP contribution in [0.5, 0.6) is 0 Å². The van der Waals surface area contributed by atoms with Gasteiger partial charge in [0, 0.05) is 31.6 Å². The number of aromatic nitrogens is 1. The molecule has 10 heteroatoms. The molecule has 1 heterocycles. The first-order chi connectivity index (χ1) is 18.1. The molecular formula is C28H36N4O5S. The summed E-state index contributed by atoms with van der Waals surface area (Å²) in [5, 5.41) is 6.41. The summed E-state index contributed by atoms with van der Waals surface area (Å²) in [6.07, 6.45) is 2.01. The van der Waals surface area contributed by atoms with Crippen LogP contribution in [0.2, 0.25) is 0 Å². The third-order valence-electron chi connectivity index (χ3n) is 6.20. The molecule has 0 fully saturated rings. The first-order valence-corrected chi connectivity index (χ1v) is 14.2. The van der Waals surface area contributed by atoms with Gasteiger partial charge >= 0.3 is 0 Å². The Morgan fingerprint density at radius 2 is 1.76 bits per heavy atom. The summed E-state index contributed by atoms with van der Waals surface area (Å²) in [6.45, 7) is 7.84. The van der Waals surface area contributed by atoms with Crippen LogP contribution in [0, 0.1) is 12.8 Å². The molecule has 0 saturated heterocycles. The summed E-state index contributed by atoms with van der Waals surface area (Å²) in [7, 11) is -2.37. The van der Waals surface area contributed by atoms with Gasteiger partial charge in [-0.25, -0.2) is 13.1 Å². The maximum Gasteiger partial charge on any atom is 0.264 e. The van der Waals surface area contributed by atoms with Crippen LogP contribution < -0.4 is 10.0 Å². The van der Waals surface area contributed by atoms with E-state index in [9.17, 15) is 18.0 Å². The maximum atomic E-state index is 13.1. The second-order valence-corrected chi connectivity index (χ2v) is 11.2. The Kier molecular flexibility index (Phi) is 9.68. The highest BCUT2D eigenvalue weighted by Gasteiger charge is 2.31. The number of carbonyl (C=O) groups is 2. The van der Waals surface area contributed by atoms with E-state index in [1.54, 1.807) is 37.1 Å². The van der Waals surface area contributed by atoms with E-state index in [1.807, 2.05) is 45.0 Å². The van der Waals surface area contributed by atoms with Crippen molar-refractivity contribution in [3.63, 3.8) is 0 Å². The van der Waals surface area contributed by atoms with Crippen molar-refractivity contribution < 1.29 is 22.5 Å². The molecular weight excluding hydrogens is 504 g/mol. The quantitative estimate of drug-likeness (QED) is 0.342. The minimum atomic E-state index is -3.94. The molecule has 204 valence electrons. The van der Waals surface area contributed by atoms with E-state index in [0.29, 0.717) is 23.2 Å². The molecule has 38 heavy (non-hydrogen) atoms. The molecule has 0 radical (unpaired) electrons. The fraction of sp³-hybridized carbons (Fsp3) is 0.393. The van der Waals surface area contributed by atoms with Crippen molar-refractivity contribution in [2.45, 2.75) is 64.4 Å². The van der Waals surface area contributed by atoms with Crippen molar-refractivity contribution in [3.05, 3.63) is 65.9 Å². The van der Waals surface area contributed by atoms with Crippen LogP contribution in [-0.4, -0.2) is 43.4 Å². The number of likely N-dealkylation sites (N-methyl/N-ethyl adjacent to an activating group) is 1. The third-order valence-corrected chi connectivity index (χ3v) is 7.61. The molecule has 3 aromatic rings. The number of hydrogen-bond donors (Lipinski definition) is 2. The Hall–Kier alpha value is -3.66. The zero-order valence-corrected chi connectivity index (χ0v) is 23.3. The van der Waals surface area contributed by atoms with Gasteiger partial charge in [-0.3, -0.25) is 9.59 Å². The summed E-state index contributed by atoms with van der Waals surface area (Å²) < 4.78 is 33.7. The molecule has 1 aromatic heterocycles. The summed E-state index contributed by atoms with van der Waals surface area (Å²) in [4.78, 5) is 27.6. The fourth-order valence-electron chi connectivity index (χ4n) is 4.29. The number of benzene rings is 2. The Balaban J connectivity index is 1.90. The highest BCUT2D eigenvalue weighted by molar-refractivity contribution is 7.92. The second kappa shape index (κ2) is 12.7. The van der Waals surface area contributed by atoms with Crippen LogP contribution in [0.4, 0.5) is 5.88 Å². The molecule has 2 aromatic carbocycles. The van der Waals surface area contributed by atoms with Gasteiger partial charge in [-0.05, 0) is 36.5 Å². The topological polar surface area (TPSA) is 122 Å². The van der Waals surface area contributed by atoms with E-state index in [-0.39, 0.29) is 35.1 Å². The first kappa shape index (κ1) is 28.9. The summed E-state index contributed by atoms with van der Waals surface area (Å²) in [5.74, 6) is -0.299. The summed E-state index contributed by atoms with van der Waals surface area (Å²) in [5.41, 5.74) is 2.61. The number of nitrogens with one attached hydrogen (secondary N) is 2. The summed E-state index contributed by atoms with van der Waals surface area (Å²) >= 11 is 0. The minimum absolute atomic E-state index is 0.0382. The molecule has 0 spiro atoms. The molecule has 0 aliphatic rings. The van der Waals surface area contributed by atoms with Gasteiger partial charge in [0.1, 0.15) is 6.04 Å². The largest absolute Gasteiger partial charge is 0.357 e. The van der Waals surface area contributed by atoms with Crippen LogP contribution in [0.25, 0.3) is 11.1 Å². The molecule has 0 saturated carbocycles. The van der Waals surface area contributed by atoms with Gasteiger partial charge < -0.3 is 14.7 Å². The molecule has 2 amide bonds. The molecule has 0 bridgehead atoms. The molecule has 0 aliphatic heterocycles. The lowest BCUT2D eigenvalue weighted by Crippen LogP contribution is -2.51. The summed E-state index contributed by atoms with van der Waals surface area (Å²) in [6, 6.07) is 14.9. The second-order valence-electron chi connectivity index (χ2n) is 9.56. The van der Waals surface area contributed by atoms with Gasteiger partial charge in [-0.1, -0.05) is 74.8 Å². The maximum absolute atomic E-state index is 13.1. The number of nitrogens with zero attached hydrogens (tertiary/aromatic N) is 2. The van der Waals surface area contributed by atoms with Gasteiger partial charge in [-0.2, -0.15) is 0 Å². The van der Waals surface area contributed by atoms with Gasteiger partial charge in [0.05, 0.1) is 10.6 Å². The molecule has 1 atom stereocenters. The highest BCUT2D eigenvalue weighted by Crippen LogP contribution is 2.29. The van der Waals surface area contributed by atoms with Gasteiger partial charge in [0.15, 0.2) is 0 Å². The molecule has 9 nitrogen and oxygen atoms in total. The number of rotatable bonds is 12. The van der Waals surface area contributed by atoms with Gasteiger partial charge in [0.25, 0.3) is 10.0 Å². The van der Waals surface area contributed by atoms with E-state index in [2.05, 4.69) is 15.2 Å². The Labute approximate surface area is 224 Å². The van der Waals surface area contributed by atoms with Gasteiger partial charge in [0.2, 0.25) is 17.7 Å². The van der Waals surface area contributed by atoms with Crippen LogP contribution >= 0.6 is 0 Å². The minimum Gasteiger partial charge on any atom is -0.357 e. The standard InChI is InChI=1S/C28H36N4O5S/c1-6-7-12-26(33)32(27(19(2)3)28(34)29-5)18-21-13-15-22(16-14-21)23-10-8-9-11-24(23)38(35,36)31-25-17-20(4)30-37-25/h8-11,13-17,19,27,31H,6-7,12,18H2,1-5H3,(H,29,34)/t27-/m0/s1. The number of carbonyl (C=O) groups excluding carboxylic acids is 2. The lowest BCUT2D eigenvalue weighted by atomic mass is 9.99. The van der Waals surface area contributed by atoms with E-state index in [1.165, 1.54) is 12.1 Å². The lowest BCUT2D eigenvalue weighted by molar-refractivity contribution is -0.142. The first-order valence-electron chi connectivity index (χ1n) is 12.7. The Bertz CT molecular complexity index is 1350. The third kappa shape index (κ3) is 7.00. The number of sulfonamides is 1. The van der Waals surface area contributed by atoms with Crippen LogP contribution in [-0.2, 0) is 26.2 Å². The Morgan fingerprint density at radius 3 is 2.34 bits per heavy atom. The highest BCUT2D eigenvalue weighted by atomic mass is 32.2. The number of amides is 2. The van der Waals surface area contributed by atoms with Crippen molar-refractivity contribution in [1.82, 2.24) is 15.4 Å². The van der Waals surface area contributed by atoms with Crippen LogP contribution in [0.1, 0.15) is 51.3 Å². The van der Waals surface area contributed by atoms with E-state index in [0.717, 1.165) is 18.4 Å².